The number of aromatic nitrogens is 1. The van der Waals surface area contributed by atoms with Crippen LogP contribution < -0.4 is 5.32 Å². The molecule has 0 aliphatic carbocycles. The molecule has 0 saturated heterocycles. The standard InChI is InChI=1S/C21H21FN2O2S/c1-14-20(27-19(24-14)12-15-8-10-17(22)11-9-15)21(25)23-13-18(26-2)16-6-4-3-5-7-16/h3-11,18H,12-13H2,1-2H3,(H,23,25). The highest BCUT2D eigenvalue weighted by Crippen LogP contribution is 2.22. The van der Waals surface area contributed by atoms with E-state index in [4.69, 9.17) is 4.74 Å². The quantitative estimate of drug-likeness (QED) is 0.661. The van der Waals surface area contributed by atoms with Crippen LogP contribution in [0.3, 0.4) is 0 Å². The van der Waals surface area contributed by atoms with E-state index >= 15 is 0 Å². The largest absolute Gasteiger partial charge is 0.375 e. The van der Waals surface area contributed by atoms with Crippen molar-refractivity contribution in [3.8, 4) is 0 Å². The number of aryl methyl sites for hydroxylation is 1. The Morgan fingerprint density at radius 3 is 2.56 bits per heavy atom. The first-order chi connectivity index (χ1) is 13.1. The number of halogens is 1. The molecule has 4 nitrogen and oxygen atoms in total. The van der Waals surface area contributed by atoms with Crippen molar-refractivity contribution < 1.29 is 13.9 Å². The molecule has 140 valence electrons. The second kappa shape index (κ2) is 8.88. The summed E-state index contributed by atoms with van der Waals surface area (Å²) < 4.78 is 18.5. The average molecular weight is 384 g/mol. The fraction of sp³-hybridized carbons (Fsp3) is 0.238. The minimum Gasteiger partial charge on any atom is -0.375 e. The normalized spacial score (nSPS) is 12.0. The number of nitrogens with zero attached hydrogens (tertiary/aromatic N) is 1. The fourth-order valence-corrected chi connectivity index (χ4v) is 3.80. The Kier molecular flexibility index (Phi) is 6.32. The smallest absolute Gasteiger partial charge is 0.263 e. The van der Waals surface area contributed by atoms with Gasteiger partial charge in [0.05, 0.1) is 16.8 Å². The summed E-state index contributed by atoms with van der Waals surface area (Å²) in [6, 6.07) is 16.1. The van der Waals surface area contributed by atoms with Crippen LogP contribution in [0.4, 0.5) is 4.39 Å². The van der Waals surface area contributed by atoms with Gasteiger partial charge in [-0.2, -0.15) is 0 Å². The third-order valence-electron chi connectivity index (χ3n) is 4.22. The first-order valence-corrected chi connectivity index (χ1v) is 9.45. The summed E-state index contributed by atoms with van der Waals surface area (Å²) in [6.07, 6.45) is 0.367. The molecule has 3 rings (SSSR count). The Balaban J connectivity index is 1.64. The van der Waals surface area contributed by atoms with Crippen molar-refractivity contribution in [2.45, 2.75) is 19.4 Å². The molecule has 1 heterocycles. The zero-order valence-electron chi connectivity index (χ0n) is 15.2. The van der Waals surface area contributed by atoms with Crippen molar-refractivity contribution in [1.82, 2.24) is 10.3 Å². The molecule has 0 fully saturated rings. The van der Waals surface area contributed by atoms with E-state index in [0.29, 0.717) is 23.5 Å². The fourth-order valence-electron chi connectivity index (χ4n) is 2.79. The number of nitrogens with one attached hydrogen (secondary N) is 1. The number of rotatable bonds is 7. The molecule has 1 aromatic heterocycles. The summed E-state index contributed by atoms with van der Waals surface area (Å²) in [6.45, 7) is 2.20. The monoisotopic (exact) mass is 384 g/mol. The Bertz CT molecular complexity index is 894. The number of amides is 1. The van der Waals surface area contributed by atoms with Gasteiger partial charge in [-0.05, 0) is 30.2 Å². The minimum atomic E-state index is -0.264. The van der Waals surface area contributed by atoms with Gasteiger partial charge in [0.1, 0.15) is 10.7 Å². The summed E-state index contributed by atoms with van der Waals surface area (Å²) in [5.41, 5.74) is 2.67. The number of methoxy groups -OCH3 is 1. The summed E-state index contributed by atoms with van der Waals surface area (Å²) in [7, 11) is 1.63. The van der Waals surface area contributed by atoms with E-state index in [1.54, 1.807) is 19.2 Å². The summed E-state index contributed by atoms with van der Waals surface area (Å²) in [5.74, 6) is -0.423. The molecule has 0 spiro atoms. The molecule has 27 heavy (non-hydrogen) atoms. The molecule has 0 aliphatic heterocycles. The molecule has 0 saturated carbocycles. The number of benzene rings is 2. The second-order valence-corrected chi connectivity index (χ2v) is 7.25. The van der Waals surface area contributed by atoms with Gasteiger partial charge in [-0.3, -0.25) is 4.79 Å². The number of hydrogen-bond donors (Lipinski definition) is 1. The van der Waals surface area contributed by atoms with Crippen molar-refractivity contribution in [2.24, 2.45) is 0 Å². The predicted octanol–water partition coefficient (Wildman–Crippen LogP) is 4.30. The molecule has 0 bridgehead atoms. The van der Waals surface area contributed by atoms with Crippen molar-refractivity contribution >= 4 is 17.2 Å². The zero-order chi connectivity index (χ0) is 19.2. The first-order valence-electron chi connectivity index (χ1n) is 8.63. The van der Waals surface area contributed by atoms with Crippen LogP contribution in [0.1, 0.15) is 37.6 Å². The first kappa shape index (κ1) is 19.2. The lowest BCUT2D eigenvalue weighted by Gasteiger charge is -2.16. The Labute approximate surface area is 162 Å². The molecule has 3 aromatic rings. The van der Waals surface area contributed by atoms with E-state index in [-0.39, 0.29) is 17.8 Å². The molecule has 1 amide bonds. The molecular formula is C21H21FN2O2S. The SMILES string of the molecule is COC(CNC(=O)c1sc(Cc2ccc(F)cc2)nc1C)c1ccccc1. The predicted molar refractivity (Wildman–Crippen MR) is 105 cm³/mol. The van der Waals surface area contributed by atoms with Gasteiger partial charge in [-0.1, -0.05) is 42.5 Å². The van der Waals surface area contributed by atoms with E-state index in [0.717, 1.165) is 16.1 Å². The highest BCUT2D eigenvalue weighted by Gasteiger charge is 2.18. The molecule has 1 atom stereocenters. The van der Waals surface area contributed by atoms with Gasteiger partial charge in [0.25, 0.3) is 5.91 Å². The third-order valence-corrected chi connectivity index (χ3v) is 5.38. The van der Waals surface area contributed by atoms with Crippen molar-refractivity contribution in [1.29, 1.82) is 0 Å². The Morgan fingerprint density at radius 1 is 1.19 bits per heavy atom. The van der Waals surface area contributed by atoms with E-state index in [1.165, 1.54) is 23.5 Å². The van der Waals surface area contributed by atoms with Crippen LogP contribution in [0, 0.1) is 12.7 Å². The van der Waals surface area contributed by atoms with Gasteiger partial charge in [0.15, 0.2) is 0 Å². The molecule has 0 radical (unpaired) electrons. The van der Waals surface area contributed by atoms with Crippen LogP contribution in [0.2, 0.25) is 0 Å². The van der Waals surface area contributed by atoms with Gasteiger partial charge in [0.2, 0.25) is 0 Å². The van der Waals surface area contributed by atoms with Crippen molar-refractivity contribution in [2.75, 3.05) is 13.7 Å². The van der Waals surface area contributed by atoms with E-state index in [2.05, 4.69) is 10.3 Å². The lowest BCUT2D eigenvalue weighted by Crippen LogP contribution is -2.29. The molecule has 6 heteroatoms. The van der Waals surface area contributed by atoms with Gasteiger partial charge < -0.3 is 10.1 Å². The maximum atomic E-state index is 13.0. The van der Waals surface area contributed by atoms with Crippen molar-refractivity contribution in [3.05, 3.63) is 87.1 Å². The van der Waals surface area contributed by atoms with Gasteiger partial charge in [-0.25, -0.2) is 9.37 Å². The van der Waals surface area contributed by atoms with E-state index in [1.807, 2.05) is 37.3 Å². The topological polar surface area (TPSA) is 51.2 Å². The zero-order valence-corrected chi connectivity index (χ0v) is 16.1. The van der Waals surface area contributed by atoms with Gasteiger partial charge in [-0.15, -0.1) is 11.3 Å². The molecule has 0 aliphatic rings. The lowest BCUT2D eigenvalue weighted by molar-refractivity contribution is 0.0830. The molecule has 1 N–H and O–H groups in total. The van der Waals surface area contributed by atoms with Crippen LogP contribution in [0.15, 0.2) is 54.6 Å². The maximum Gasteiger partial charge on any atom is 0.263 e. The highest BCUT2D eigenvalue weighted by molar-refractivity contribution is 7.13. The van der Waals surface area contributed by atoms with E-state index in [9.17, 15) is 9.18 Å². The van der Waals surface area contributed by atoms with Gasteiger partial charge in [0, 0.05) is 20.1 Å². The summed E-state index contributed by atoms with van der Waals surface area (Å²) in [4.78, 5) is 17.7. The summed E-state index contributed by atoms with van der Waals surface area (Å²) >= 11 is 1.36. The maximum absolute atomic E-state index is 13.0. The average Bonchev–Trinajstić information content (AvgIpc) is 3.05. The molecule has 1 unspecified atom stereocenters. The summed E-state index contributed by atoms with van der Waals surface area (Å²) in [5, 5.41) is 3.76. The van der Waals surface area contributed by atoms with Crippen LogP contribution in [0.5, 0.6) is 0 Å². The van der Waals surface area contributed by atoms with Crippen LogP contribution in [-0.4, -0.2) is 24.5 Å². The minimum absolute atomic E-state index is 0.159. The van der Waals surface area contributed by atoms with Crippen LogP contribution in [-0.2, 0) is 11.2 Å². The lowest BCUT2D eigenvalue weighted by atomic mass is 10.1. The van der Waals surface area contributed by atoms with Crippen LogP contribution in [0.25, 0.3) is 0 Å². The van der Waals surface area contributed by atoms with Crippen LogP contribution >= 0.6 is 11.3 Å². The number of carbonyl (C=O) groups is 1. The highest BCUT2D eigenvalue weighted by atomic mass is 32.1. The Hall–Kier alpha value is -2.57. The number of hydrogen-bond acceptors (Lipinski definition) is 4. The second-order valence-electron chi connectivity index (χ2n) is 6.17. The number of carbonyl (C=O) groups excluding carboxylic acids is 1. The molecule has 2 aromatic carbocycles. The van der Waals surface area contributed by atoms with Crippen molar-refractivity contribution in [3.63, 3.8) is 0 Å². The number of thiazole rings is 1. The Morgan fingerprint density at radius 2 is 1.89 bits per heavy atom. The molecular weight excluding hydrogens is 363 g/mol. The van der Waals surface area contributed by atoms with E-state index < -0.39 is 0 Å². The number of ether oxygens (including phenoxy) is 1. The van der Waals surface area contributed by atoms with Gasteiger partial charge >= 0.3 is 0 Å². The third kappa shape index (κ3) is 4.99.